The molecule has 0 bridgehead atoms. The Hall–Kier alpha value is -0.830. The zero-order chi connectivity index (χ0) is 16.6. The normalized spacial score (nSPS) is 15.7. The molecule has 0 saturated heterocycles. The second-order valence-corrected chi connectivity index (χ2v) is 8.64. The standard InChI is InChI=1S/C18H16I2O3/c1-18(2)9-17(21)23-15-8-14(20)16(7-13(15)18)22-10-11-3-5-12(19)6-4-11/h3-8H,9-10H2,1-2H3. The molecule has 0 saturated carbocycles. The molecule has 120 valence electrons. The summed E-state index contributed by atoms with van der Waals surface area (Å²) in [5.41, 5.74) is 1.91. The Morgan fingerprint density at radius 3 is 2.57 bits per heavy atom. The molecule has 1 aliphatic rings. The average molecular weight is 534 g/mol. The van der Waals surface area contributed by atoms with Gasteiger partial charge in [-0.15, -0.1) is 0 Å². The van der Waals surface area contributed by atoms with Gasteiger partial charge in [0.25, 0.3) is 0 Å². The number of hydrogen-bond donors (Lipinski definition) is 0. The number of hydrogen-bond acceptors (Lipinski definition) is 3. The summed E-state index contributed by atoms with van der Waals surface area (Å²) < 4.78 is 13.5. The van der Waals surface area contributed by atoms with E-state index in [9.17, 15) is 4.79 Å². The van der Waals surface area contributed by atoms with Gasteiger partial charge < -0.3 is 9.47 Å². The third-order valence-electron chi connectivity index (χ3n) is 3.88. The van der Waals surface area contributed by atoms with Crippen LogP contribution in [0, 0.1) is 7.14 Å². The van der Waals surface area contributed by atoms with Crippen molar-refractivity contribution in [1.82, 2.24) is 0 Å². The lowest BCUT2D eigenvalue weighted by Gasteiger charge is -2.31. The van der Waals surface area contributed by atoms with E-state index in [0.29, 0.717) is 18.8 Å². The molecule has 0 radical (unpaired) electrons. The summed E-state index contributed by atoms with van der Waals surface area (Å²) in [7, 11) is 0. The molecule has 0 aliphatic carbocycles. The molecule has 3 nitrogen and oxygen atoms in total. The highest BCUT2D eigenvalue weighted by Crippen LogP contribution is 2.42. The van der Waals surface area contributed by atoms with E-state index >= 15 is 0 Å². The fraction of sp³-hybridized carbons (Fsp3) is 0.278. The summed E-state index contributed by atoms with van der Waals surface area (Å²) >= 11 is 4.50. The number of benzene rings is 2. The highest BCUT2D eigenvalue weighted by atomic mass is 127. The minimum atomic E-state index is -0.240. The Labute approximate surface area is 163 Å². The van der Waals surface area contributed by atoms with Crippen molar-refractivity contribution < 1.29 is 14.3 Å². The van der Waals surface area contributed by atoms with Crippen LogP contribution in [0.3, 0.4) is 0 Å². The van der Waals surface area contributed by atoms with E-state index in [0.717, 1.165) is 20.4 Å². The Kier molecular flexibility index (Phi) is 4.87. The monoisotopic (exact) mass is 534 g/mol. The van der Waals surface area contributed by atoms with Gasteiger partial charge in [0.2, 0.25) is 0 Å². The molecule has 0 fully saturated rings. The van der Waals surface area contributed by atoms with Crippen molar-refractivity contribution in [2.45, 2.75) is 32.3 Å². The van der Waals surface area contributed by atoms with Crippen LogP contribution < -0.4 is 9.47 Å². The Morgan fingerprint density at radius 2 is 1.87 bits per heavy atom. The third-order valence-corrected chi connectivity index (χ3v) is 5.44. The van der Waals surface area contributed by atoms with E-state index in [1.807, 2.05) is 12.1 Å². The summed E-state index contributed by atoms with van der Waals surface area (Å²) in [5, 5.41) is 0. The maximum Gasteiger partial charge on any atom is 0.312 e. The Morgan fingerprint density at radius 1 is 1.17 bits per heavy atom. The second-order valence-electron chi connectivity index (χ2n) is 6.23. The summed E-state index contributed by atoms with van der Waals surface area (Å²) in [4.78, 5) is 11.7. The lowest BCUT2D eigenvalue weighted by Crippen LogP contribution is -2.30. The smallest absolute Gasteiger partial charge is 0.312 e. The highest BCUT2D eigenvalue weighted by molar-refractivity contribution is 14.1. The lowest BCUT2D eigenvalue weighted by molar-refractivity contribution is -0.136. The maximum absolute atomic E-state index is 11.7. The Bertz CT molecular complexity index is 752. The molecular weight excluding hydrogens is 518 g/mol. The zero-order valence-electron chi connectivity index (χ0n) is 12.9. The van der Waals surface area contributed by atoms with Crippen LogP contribution in [-0.2, 0) is 16.8 Å². The summed E-state index contributed by atoms with van der Waals surface area (Å²) in [5.74, 6) is 1.30. The van der Waals surface area contributed by atoms with Gasteiger partial charge in [0.1, 0.15) is 18.1 Å². The number of esters is 1. The number of halogens is 2. The SMILES string of the molecule is CC1(C)CC(=O)Oc2cc(I)c(OCc3ccc(I)cc3)cc21. The first-order valence-corrected chi connectivity index (χ1v) is 9.43. The van der Waals surface area contributed by atoms with Crippen LogP contribution in [0.2, 0.25) is 0 Å². The minimum absolute atomic E-state index is 0.175. The summed E-state index contributed by atoms with van der Waals surface area (Å²) in [6.07, 6.45) is 0.386. The molecule has 0 atom stereocenters. The van der Waals surface area contributed by atoms with Crippen LogP contribution >= 0.6 is 45.2 Å². The number of rotatable bonds is 3. The predicted octanol–water partition coefficient (Wildman–Crippen LogP) is 5.06. The van der Waals surface area contributed by atoms with Gasteiger partial charge in [-0.3, -0.25) is 4.79 Å². The molecule has 0 aromatic heterocycles. The molecule has 2 aromatic rings. The van der Waals surface area contributed by atoms with Crippen molar-refractivity contribution in [3.8, 4) is 11.5 Å². The van der Waals surface area contributed by atoms with Crippen molar-refractivity contribution in [2.75, 3.05) is 0 Å². The van der Waals surface area contributed by atoms with Crippen LogP contribution in [0.15, 0.2) is 36.4 Å². The third kappa shape index (κ3) is 3.81. The quantitative estimate of drug-likeness (QED) is 0.314. The number of fused-ring (bicyclic) bond motifs is 1. The van der Waals surface area contributed by atoms with E-state index in [-0.39, 0.29) is 11.4 Å². The lowest BCUT2D eigenvalue weighted by atomic mass is 9.79. The minimum Gasteiger partial charge on any atom is -0.488 e. The molecule has 0 N–H and O–H groups in total. The largest absolute Gasteiger partial charge is 0.488 e. The molecule has 3 rings (SSSR count). The summed E-state index contributed by atoms with van der Waals surface area (Å²) in [6.45, 7) is 4.63. The van der Waals surface area contributed by atoms with E-state index in [1.165, 1.54) is 3.57 Å². The summed E-state index contributed by atoms with van der Waals surface area (Å²) in [6, 6.07) is 12.2. The van der Waals surface area contributed by atoms with Crippen molar-refractivity contribution in [3.05, 3.63) is 54.7 Å². The van der Waals surface area contributed by atoms with Crippen LogP contribution in [-0.4, -0.2) is 5.97 Å². The Balaban J connectivity index is 1.86. The molecule has 0 unspecified atom stereocenters. The molecule has 1 heterocycles. The van der Waals surface area contributed by atoms with Gasteiger partial charge in [-0.25, -0.2) is 0 Å². The van der Waals surface area contributed by atoms with Gasteiger partial charge in [-0.05, 0) is 75.0 Å². The fourth-order valence-electron chi connectivity index (χ4n) is 2.62. The molecular formula is C18H16I2O3. The number of carbonyl (C=O) groups is 1. The molecule has 2 aromatic carbocycles. The van der Waals surface area contributed by atoms with E-state index in [4.69, 9.17) is 9.47 Å². The van der Waals surface area contributed by atoms with Crippen LogP contribution in [0.5, 0.6) is 11.5 Å². The van der Waals surface area contributed by atoms with Crippen LogP contribution in [0.1, 0.15) is 31.4 Å². The topological polar surface area (TPSA) is 35.5 Å². The first-order valence-electron chi connectivity index (χ1n) is 7.27. The van der Waals surface area contributed by atoms with Gasteiger partial charge in [0.15, 0.2) is 0 Å². The molecule has 0 spiro atoms. The molecule has 0 amide bonds. The van der Waals surface area contributed by atoms with Crippen molar-refractivity contribution in [1.29, 1.82) is 0 Å². The van der Waals surface area contributed by atoms with Gasteiger partial charge in [-0.1, -0.05) is 26.0 Å². The van der Waals surface area contributed by atoms with Crippen LogP contribution in [0.4, 0.5) is 0 Å². The van der Waals surface area contributed by atoms with E-state index in [1.54, 1.807) is 0 Å². The second kappa shape index (κ2) is 6.58. The highest BCUT2D eigenvalue weighted by Gasteiger charge is 2.34. The first kappa shape index (κ1) is 17.0. The molecule has 1 aliphatic heterocycles. The van der Waals surface area contributed by atoms with Gasteiger partial charge in [0.05, 0.1) is 9.99 Å². The van der Waals surface area contributed by atoms with E-state index < -0.39 is 0 Å². The van der Waals surface area contributed by atoms with E-state index in [2.05, 4.69) is 83.3 Å². The number of ether oxygens (including phenoxy) is 2. The van der Waals surface area contributed by atoms with Gasteiger partial charge in [0, 0.05) is 14.5 Å². The number of carbonyl (C=O) groups excluding carboxylic acids is 1. The zero-order valence-corrected chi connectivity index (χ0v) is 17.2. The van der Waals surface area contributed by atoms with Crippen LogP contribution in [0.25, 0.3) is 0 Å². The first-order chi connectivity index (χ1) is 10.8. The van der Waals surface area contributed by atoms with Gasteiger partial charge >= 0.3 is 5.97 Å². The van der Waals surface area contributed by atoms with Crippen molar-refractivity contribution in [2.24, 2.45) is 0 Å². The van der Waals surface area contributed by atoms with Crippen molar-refractivity contribution in [3.63, 3.8) is 0 Å². The van der Waals surface area contributed by atoms with Gasteiger partial charge in [-0.2, -0.15) is 0 Å². The fourth-order valence-corrected chi connectivity index (χ4v) is 3.57. The average Bonchev–Trinajstić information content (AvgIpc) is 2.46. The predicted molar refractivity (Wildman–Crippen MR) is 106 cm³/mol. The maximum atomic E-state index is 11.7. The molecule has 23 heavy (non-hydrogen) atoms. The van der Waals surface area contributed by atoms with Crippen molar-refractivity contribution >= 4 is 51.2 Å². The molecule has 5 heteroatoms.